The molecular formula is C19H24FN5OS. The van der Waals surface area contributed by atoms with Gasteiger partial charge in [-0.1, -0.05) is 24.6 Å². The smallest absolute Gasteiger partial charge is 0.233 e. The first-order valence-corrected chi connectivity index (χ1v) is 10.5. The Labute approximate surface area is 162 Å². The zero-order valence-electron chi connectivity index (χ0n) is 15.2. The fourth-order valence-electron chi connectivity index (χ4n) is 4.31. The van der Waals surface area contributed by atoms with Crippen LogP contribution in [0.5, 0.6) is 0 Å². The maximum atomic E-state index is 13.1. The van der Waals surface area contributed by atoms with Gasteiger partial charge in [-0.2, -0.15) is 0 Å². The van der Waals surface area contributed by atoms with Crippen LogP contribution in [0.3, 0.4) is 0 Å². The molecule has 0 spiro atoms. The lowest BCUT2D eigenvalue weighted by molar-refractivity contribution is -0.134. The number of fused-ring (bicyclic) bond motifs is 1. The molecule has 1 aromatic carbocycles. The summed E-state index contributed by atoms with van der Waals surface area (Å²) in [6, 6.07) is 6.35. The molecular weight excluding hydrogens is 365 g/mol. The molecule has 2 N–H and O–H groups in total. The number of hydrogen-bond acceptors (Lipinski definition) is 5. The van der Waals surface area contributed by atoms with Crippen LogP contribution in [-0.4, -0.2) is 44.0 Å². The van der Waals surface area contributed by atoms with E-state index in [0.29, 0.717) is 34.3 Å². The third-order valence-corrected chi connectivity index (χ3v) is 6.58. The van der Waals surface area contributed by atoms with Crippen LogP contribution in [0.4, 0.5) is 4.39 Å². The van der Waals surface area contributed by atoms with Gasteiger partial charge in [0.25, 0.3) is 0 Å². The van der Waals surface area contributed by atoms with Gasteiger partial charge >= 0.3 is 0 Å². The average molecular weight is 390 g/mol. The van der Waals surface area contributed by atoms with Gasteiger partial charge in [0.15, 0.2) is 5.82 Å². The molecule has 4 rings (SSSR count). The van der Waals surface area contributed by atoms with E-state index in [9.17, 15) is 9.18 Å². The van der Waals surface area contributed by atoms with Gasteiger partial charge in [-0.3, -0.25) is 4.79 Å². The van der Waals surface area contributed by atoms with Gasteiger partial charge < -0.3 is 10.7 Å². The Kier molecular flexibility index (Phi) is 5.33. The Bertz CT molecular complexity index is 807. The van der Waals surface area contributed by atoms with E-state index in [4.69, 9.17) is 5.84 Å². The number of rotatable bonds is 4. The van der Waals surface area contributed by atoms with E-state index in [0.717, 1.165) is 19.4 Å². The fourth-order valence-corrected chi connectivity index (χ4v) is 5.06. The van der Waals surface area contributed by atoms with E-state index < -0.39 is 0 Å². The number of likely N-dealkylation sites (tertiary alicyclic amines) is 1. The number of halogens is 1. The standard InChI is InChI=1S/C19H24FN5OS/c20-15-9-7-14(8-10-15)18-22-23-19(25(18)21)27-12-17(26)24-11-3-5-13-4-1-2-6-16(13)24/h7-10,13,16H,1-6,11-12,21H2/t13-,16+/m1/s1. The molecule has 1 aliphatic heterocycles. The van der Waals surface area contributed by atoms with Crippen molar-refractivity contribution in [3.8, 4) is 11.4 Å². The van der Waals surface area contributed by atoms with Crippen molar-refractivity contribution >= 4 is 17.7 Å². The first-order valence-electron chi connectivity index (χ1n) is 9.52. The molecule has 2 atom stereocenters. The Morgan fingerprint density at radius 1 is 1.15 bits per heavy atom. The molecule has 2 heterocycles. The number of nitrogen functional groups attached to an aromatic ring is 1. The zero-order valence-corrected chi connectivity index (χ0v) is 16.0. The third kappa shape index (κ3) is 3.81. The summed E-state index contributed by atoms with van der Waals surface area (Å²) in [6.45, 7) is 0.858. The number of nitrogens with zero attached hydrogens (tertiary/aromatic N) is 4. The summed E-state index contributed by atoms with van der Waals surface area (Å²) < 4.78 is 14.5. The van der Waals surface area contributed by atoms with Crippen molar-refractivity contribution in [2.75, 3.05) is 18.1 Å². The first kappa shape index (κ1) is 18.3. The van der Waals surface area contributed by atoms with E-state index in [2.05, 4.69) is 15.1 Å². The van der Waals surface area contributed by atoms with Crippen LogP contribution in [0.15, 0.2) is 29.4 Å². The lowest BCUT2D eigenvalue weighted by Gasteiger charge is -2.44. The minimum Gasteiger partial charge on any atom is -0.339 e. The number of piperidine rings is 1. The Morgan fingerprint density at radius 2 is 1.89 bits per heavy atom. The molecule has 1 amide bonds. The second-order valence-electron chi connectivity index (χ2n) is 7.31. The molecule has 0 unspecified atom stereocenters. The molecule has 2 fully saturated rings. The van der Waals surface area contributed by atoms with E-state index >= 15 is 0 Å². The molecule has 1 aliphatic carbocycles. The molecule has 1 saturated heterocycles. The van der Waals surface area contributed by atoms with Gasteiger partial charge in [-0.05, 0) is 55.9 Å². The zero-order chi connectivity index (χ0) is 18.8. The Hall–Kier alpha value is -2.09. The van der Waals surface area contributed by atoms with Crippen molar-refractivity contribution in [1.82, 2.24) is 19.8 Å². The molecule has 6 nitrogen and oxygen atoms in total. The van der Waals surface area contributed by atoms with Crippen LogP contribution in [0.1, 0.15) is 38.5 Å². The van der Waals surface area contributed by atoms with Gasteiger partial charge in [0.2, 0.25) is 11.1 Å². The minimum absolute atomic E-state index is 0.155. The monoisotopic (exact) mass is 389 g/mol. The highest BCUT2D eigenvalue weighted by Crippen LogP contribution is 2.35. The van der Waals surface area contributed by atoms with Crippen LogP contribution >= 0.6 is 11.8 Å². The molecule has 2 aliphatic rings. The van der Waals surface area contributed by atoms with Gasteiger partial charge in [-0.15, -0.1) is 10.2 Å². The van der Waals surface area contributed by atoms with E-state index in [1.807, 2.05) is 0 Å². The van der Waals surface area contributed by atoms with Crippen molar-refractivity contribution in [3.63, 3.8) is 0 Å². The number of aromatic nitrogens is 3. The van der Waals surface area contributed by atoms with Crippen LogP contribution in [-0.2, 0) is 4.79 Å². The van der Waals surface area contributed by atoms with Crippen molar-refractivity contribution < 1.29 is 9.18 Å². The molecule has 1 aromatic heterocycles. The topological polar surface area (TPSA) is 77.0 Å². The fraction of sp³-hybridized carbons (Fsp3) is 0.526. The predicted molar refractivity (Wildman–Crippen MR) is 103 cm³/mol. The number of thioether (sulfide) groups is 1. The molecule has 0 radical (unpaired) electrons. The number of hydrogen-bond donors (Lipinski definition) is 1. The quantitative estimate of drug-likeness (QED) is 0.642. The van der Waals surface area contributed by atoms with Crippen LogP contribution < -0.4 is 5.84 Å². The van der Waals surface area contributed by atoms with Crippen molar-refractivity contribution in [2.45, 2.75) is 49.7 Å². The number of benzene rings is 1. The summed E-state index contributed by atoms with van der Waals surface area (Å²) in [5.74, 6) is 7.37. The minimum atomic E-state index is -0.315. The molecule has 1 saturated carbocycles. The van der Waals surface area contributed by atoms with E-state index in [1.54, 1.807) is 12.1 Å². The Morgan fingerprint density at radius 3 is 2.70 bits per heavy atom. The Balaban J connectivity index is 1.41. The first-order chi connectivity index (χ1) is 13.1. The summed E-state index contributed by atoms with van der Waals surface area (Å²) in [6.07, 6.45) is 7.23. The van der Waals surface area contributed by atoms with Gasteiger partial charge in [0.1, 0.15) is 5.82 Å². The van der Waals surface area contributed by atoms with Crippen LogP contribution in [0, 0.1) is 11.7 Å². The van der Waals surface area contributed by atoms with Crippen LogP contribution in [0.2, 0.25) is 0 Å². The predicted octanol–water partition coefficient (Wildman–Crippen LogP) is 3.07. The number of carbonyl (C=O) groups excluding carboxylic acids is 1. The second-order valence-corrected chi connectivity index (χ2v) is 8.26. The average Bonchev–Trinajstić information content (AvgIpc) is 3.07. The molecule has 2 aromatic rings. The molecule has 8 heteroatoms. The summed E-state index contributed by atoms with van der Waals surface area (Å²) in [7, 11) is 0. The SMILES string of the molecule is Nn1c(SCC(=O)N2CCC[C@H]3CCCC[C@@H]32)nnc1-c1ccc(F)cc1. The van der Waals surface area contributed by atoms with Gasteiger partial charge in [0, 0.05) is 18.2 Å². The number of amides is 1. The highest BCUT2D eigenvalue weighted by Gasteiger charge is 2.35. The summed E-state index contributed by atoms with van der Waals surface area (Å²) >= 11 is 1.31. The number of nitrogens with two attached hydrogens (primary N) is 1. The molecule has 144 valence electrons. The lowest BCUT2D eigenvalue weighted by Crippen LogP contribution is -2.50. The summed E-state index contributed by atoms with van der Waals surface area (Å²) in [5, 5.41) is 8.68. The number of carbonyl (C=O) groups is 1. The van der Waals surface area contributed by atoms with Gasteiger partial charge in [0.05, 0.1) is 5.75 Å². The second kappa shape index (κ2) is 7.88. The normalized spacial score (nSPS) is 22.5. The lowest BCUT2D eigenvalue weighted by atomic mass is 9.78. The van der Waals surface area contributed by atoms with Crippen molar-refractivity contribution in [2.24, 2.45) is 5.92 Å². The van der Waals surface area contributed by atoms with Crippen LogP contribution in [0.25, 0.3) is 11.4 Å². The van der Waals surface area contributed by atoms with Gasteiger partial charge in [-0.25, -0.2) is 9.07 Å². The molecule has 27 heavy (non-hydrogen) atoms. The van der Waals surface area contributed by atoms with E-state index in [-0.39, 0.29) is 11.7 Å². The van der Waals surface area contributed by atoms with Crippen molar-refractivity contribution in [3.05, 3.63) is 30.1 Å². The summed E-state index contributed by atoms with van der Waals surface area (Å²) in [5.41, 5.74) is 0.686. The maximum absolute atomic E-state index is 13.1. The highest BCUT2D eigenvalue weighted by atomic mass is 32.2. The summed E-state index contributed by atoms with van der Waals surface area (Å²) in [4.78, 5) is 14.9. The molecule has 0 bridgehead atoms. The largest absolute Gasteiger partial charge is 0.339 e. The highest BCUT2D eigenvalue weighted by molar-refractivity contribution is 7.99. The van der Waals surface area contributed by atoms with E-state index in [1.165, 1.54) is 54.3 Å². The third-order valence-electron chi connectivity index (χ3n) is 5.66. The van der Waals surface area contributed by atoms with Crippen molar-refractivity contribution in [1.29, 1.82) is 0 Å². The maximum Gasteiger partial charge on any atom is 0.233 e.